The van der Waals surface area contributed by atoms with Crippen molar-refractivity contribution in [3.05, 3.63) is 0 Å². The fourth-order valence-electron chi connectivity index (χ4n) is 6.13. The van der Waals surface area contributed by atoms with Crippen LogP contribution in [0.15, 0.2) is 0 Å². The Balaban J connectivity index is 1.50. The Labute approximate surface area is 142 Å². The summed E-state index contributed by atoms with van der Waals surface area (Å²) in [7, 11) is 0. The lowest BCUT2D eigenvalue weighted by Gasteiger charge is -2.36. The van der Waals surface area contributed by atoms with E-state index >= 15 is 0 Å². The molecule has 0 spiro atoms. The van der Waals surface area contributed by atoms with E-state index in [1.165, 1.54) is 44.9 Å². The molecule has 0 heterocycles. The molecule has 0 N–H and O–H groups in total. The van der Waals surface area contributed by atoms with Crippen LogP contribution in [-0.4, -0.2) is 11.6 Å². The van der Waals surface area contributed by atoms with Gasteiger partial charge in [-0.05, 0) is 81.0 Å². The van der Waals surface area contributed by atoms with Gasteiger partial charge in [-0.1, -0.05) is 33.6 Å². The van der Waals surface area contributed by atoms with Crippen LogP contribution < -0.4 is 0 Å². The molecule has 2 bridgehead atoms. The maximum Gasteiger partial charge on any atom is 0.306 e. The van der Waals surface area contributed by atoms with E-state index in [1.54, 1.807) is 0 Å². The Morgan fingerprint density at radius 1 is 1.04 bits per heavy atom. The smallest absolute Gasteiger partial charge is 0.306 e. The van der Waals surface area contributed by atoms with Crippen molar-refractivity contribution < 1.29 is 9.53 Å². The molecule has 132 valence electrons. The fraction of sp³-hybridized carbons (Fsp3) is 0.952. The summed E-state index contributed by atoms with van der Waals surface area (Å²) in [5.41, 5.74) is -0.0915. The highest BCUT2D eigenvalue weighted by atomic mass is 16.6. The summed E-state index contributed by atoms with van der Waals surface area (Å²) in [6, 6.07) is 0. The van der Waals surface area contributed by atoms with Gasteiger partial charge in [0.1, 0.15) is 5.60 Å². The molecule has 0 aromatic rings. The highest BCUT2D eigenvalue weighted by Gasteiger charge is 2.52. The van der Waals surface area contributed by atoms with Crippen LogP contribution in [0.5, 0.6) is 0 Å². The van der Waals surface area contributed by atoms with E-state index in [2.05, 4.69) is 20.8 Å². The van der Waals surface area contributed by atoms with E-state index in [4.69, 9.17) is 4.74 Å². The molecule has 0 amide bonds. The van der Waals surface area contributed by atoms with Gasteiger partial charge >= 0.3 is 5.97 Å². The number of carbonyl (C=O) groups excluding carboxylic acids is 1. The molecular weight excluding hydrogens is 284 g/mol. The van der Waals surface area contributed by atoms with Crippen LogP contribution in [-0.2, 0) is 9.53 Å². The van der Waals surface area contributed by atoms with Crippen LogP contribution in [0.4, 0.5) is 0 Å². The zero-order chi connectivity index (χ0) is 16.4. The molecule has 0 aliphatic heterocycles. The molecule has 3 fully saturated rings. The Morgan fingerprint density at radius 3 is 2.39 bits per heavy atom. The van der Waals surface area contributed by atoms with Crippen molar-refractivity contribution >= 4 is 5.97 Å². The third-order valence-electron chi connectivity index (χ3n) is 7.59. The van der Waals surface area contributed by atoms with E-state index in [0.717, 1.165) is 42.9 Å². The monoisotopic (exact) mass is 320 g/mol. The molecule has 2 nitrogen and oxygen atoms in total. The molecular formula is C21H36O2. The third kappa shape index (κ3) is 3.46. The summed E-state index contributed by atoms with van der Waals surface area (Å²) < 4.78 is 6.12. The molecule has 0 aromatic heterocycles. The zero-order valence-electron chi connectivity index (χ0n) is 15.5. The molecule has 3 rings (SSSR count). The number of hydrogen-bond donors (Lipinski definition) is 0. The highest BCUT2D eigenvalue weighted by molar-refractivity contribution is 5.70. The fourth-order valence-corrected chi connectivity index (χ4v) is 6.13. The van der Waals surface area contributed by atoms with Crippen molar-refractivity contribution in [1.29, 1.82) is 0 Å². The van der Waals surface area contributed by atoms with Gasteiger partial charge in [-0.15, -0.1) is 0 Å². The largest absolute Gasteiger partial charge is 0.459 e. The first-order valence-electron chi connectivity index (χ1n) is 10.3. The molecule has 3 aliphatic carbocycles. The van der Waals surface area contributed by atoms with Crippen molar-refractivity contribution in [1.82, 2.24) is 0 Å². The highest BCUT2D eigenvalue weighted by Crippen LogP contribution is 2.54. The van der Waals surface area contributed by atoms with E-state index < -0.39 is 0 Å². The van der Waals surface area contributed by atoms with Crippen LogP contribution in [0.25, 0.3) is 0 Å². The second-order valence-electron chi connectivity index (χ2n) is 8.69. The van der Waals surface area contributed by atoms with Crippen molar-refractivity contribution in [3.63, 3.8) is 0 Å². The second kappa shape index (κ2) is 7.15. The number of esters is 1. The van der Waals surface area contributed by atoms with Gasteiger partial charge in [0.25, 0.3) is 0 Å². The molecule has 0 saturated heterocycles. The number of ether oxygens (including phenoxy) is 1. The molecule has 3 aliphatic rings. The van der Waals surface area contributed by atoms with Crippen molar-refractivity contribution in [2.45, 2.75) is 97.0 Å². The molecule has 6 atom stereocenters. The summed E-state index contributed by atoms with van der Waals surface area (Å²) in [4.78, 5) is 12.5. The third-order valence-corrected chi connectivity index (χ3v) is 7.59. The lowest BCUT2D eigenvalue weighted by Crippen LogP contribution is -2.39. The normalized spacial score (nSPS) is 42.3. The minimum atomic E-state index is -0.0915. The summed E-state index contributed by atoms with van der Waals surface area (Å²) in [5.74, 6) is 4.08. The van der Waals surface area contributed by atoms with Crippen molar-refractivity contribution in [2.24, 2.45) is 29.6 Å². The average Bonchev–Trinajstić information content (AvgIpc) is 3.26. The quantitative estimate of drug-likeness (QED) is 0.559. The first-order chi connectivity index (χ1) is 11.1. The molecule has 23 heavy (non-hydrogen) atoms. The Morgan fingerprint density at radius 2 is 1.83 bits per heavy atom. The SMILES string of the molecule is CCC1CC(CC)C(CCC(=O)OC2(CC)CC3CCC2C3)C1. The number of rotatable bonds is 7. The van der Waals surface area contributed by atoms with Gasteiger partial charge in [0.05, 0.1) is 0 Å². The number of fused-ring (bicyclic) bond motifs is 2. The maximum atomic E-state index is 12.5. The van der Waals surface area contributed by atoms with Gasteiger partial charge in [-0.25, -0.2) is 0 Å². The minimum absolute atomic E-state index is 0.0915. The van der Waals surface area contributed by atoms with Gasteiger partial charge in [-0.3, -0.25) is 4.79 Å². The number of carbonyl (C=O) groups is 1. The van der Waals surface area contributed by atoms with Crippen LogP contribution in [0, 0.1) is 29.6 Å². The Hall–Kier alpha value is -0.530. The Kier molecular flexibility index (Phi) is 5.38. The summed E-state index contributed by atoms with van der Waals surface area (Å²) in [6.07, 6.45) is 13.1. The zero-order valence-corrected chi connectivity index (χ0v) is 15.5. The lowest BCUT2D eigenvalue weighted by atomic mass is 9.82. The molecule has 0 radical (unpaired) electrons. The second-order valence-corrected chi connectivity index (χ2v) is 8.69. The van der Waals surface area contributed by atoms with Crippen LogP contribution in [0.3, 0.4) is 0 Å². The van der Waals surface area contributed by atoms with E-state index in [0.29, 0.717) is 12.3 Å². The lowest BCUT2D eigenvalue weighted by molar-refractivity contribution is -0.166. The van der Waals surface area contributed by atoms with Gasteiger partial charge in [0.15, 0.2) is 0 Å². The molecule has 6 unspecified atom stereocenters. The summed E-state index contributed by atoms with van der Waals surface area (Å²) >= 11 is 0. The molecule has 3 saturated carbocycles. The Bertz CT molecular complexity index is 418. The summed E-state index contributed by atoms with van der Waals surface area (Å²) in [5, 5.41) is 0. The van der Waals surface area contributed by atoms with Gasteiger partial charge in [-0.2, -0.15) is 0 Å². The standard InChI is InChI=1S/C21H36O2/c1-4-15-11-17(5-2)18(12-15)8-10-20(22)23-21(6-3)14-16-7-9-19(21)13-16/h15-19H,4-14H2,1-3H3. The minimum Gasteiger partial charge on any atom is -0.459 e. The van der Waals surface area contributed by atoms with E-state index in [1.807, 2.05) is 0 Å². The van der Waals surface area contributed by atoms with Gasteiger partial charge in [0, 0.05) is 6.42 Å². The number of hydrogen-bond acceptors (Lipinski definition) is 2. The molecule has 0 aromatic carbocycles. The van der Waals surface area contributed by atoms with E-state index in [9.17, 15) is 4.79 Å². The van der Waals surface area contributed by atoms with Crippen LogP contribution in [0.1, 0.15) is 91.4 Å². The molecule has 2 heteroatoms. The predicted molar refractivity (Wildman–Crippen MR) is 94.1 cm³/mol. The van der Waals surface area contributed by atoms with Crippen LogP contribution in [0.2, 0.25) is 0 Å². The van der Waals surface area contributed by atoms with Crippen LogP contribution >= 0.6 is 0 Å². The maximum absolute atomic E-state index is 12.5. The van der Waals surface area contributed by atoms with Crippen molar-refractivity contribution in [2.75, 3.05) is 0 Å². The topological polar surface area (TPSA) is 26.3 Å². The van der Waals surface area contributed by atoms with Gasteiger partial charge < -0.3 is 4.74 Å². The summed E-state index contributed by atoms with van der Waals surface area (Å²) in [6.45, 7) is 6.84. The van der Waals surface area contributed by atoms with Crippen molar-refractivity contribution in [3.8, 4) is 0 Å². The first kappa shape index (κ1) is 17.3. The first-order valence-corrected chi connectivity index (χ1v) is 10.3. The average molecular weight is 321 g/mol. The van der Waals surface area contributed by atoms with E-state index in [-0.39, 0.29) is 11.6 Å². The predicted octanol–water partition coefficient (Wildman–Crippen LogP) is 5.74. The van der Waals surface area contributed by atoms with Gasteiger partial charge in [0.2, 0.25) is 0 Å².